The second-order valence-electron chi connectivity index (χ2n) is 6.05. The maximum absolute atomic E-state index is 5.98. The van der Waals surface area contributed by atoms with Crippen LogP contribution in [0.3, 0.4) is 0 Å². The molecule has 5 nitrogen and oxygen atoms in total. The van der Waals surface area contributed by atoms with Crippen molar-refractivity contribution in [1.29, 1.82) is 0 Å². The van der Waals surface area contributed by atoms with Crippen molar-refractivity contribution < 1.29 is 4.74 Å². The predicted octanol–water partition coefficient (Wildman–Crippen LogP) is 4.10. The molecule has 5 heteroatoms. The van der Waals surface area contributed by atoms with E-state index in [0.717, 1.165) is 60.8 Å². The van der Waals surface area contributed by atoms with Crippen molar-refractivity contribution >= 4 is 0 Å². The van der Waals surface area contributed by atoms with E-state index in [-0.39, 0.29) is 0 Å². The van der Waals surface area contributed by atoms with Gasteiger partial charge in [-0.05, 0) is 43.7 Å². The van der Waals surface area contributed by atoms with Gasteiger partial charge in [0.05, 0.1) is 29.4 Å². The van der Waals surface area contributed by atoms with Gasteiger partial charge in [0.15, 0.2) is 0 Å². The number of rotatable bonds is 9. The number of unbranched alkanes of at least 4 members (excludes halogenated alkanes) is 3. The van der Waals surface area contributed by atoms with Crippen molar-refractivity contribution in [2.24, 2.45) is 5.73 Å². The lowest BCUT2D eigenvalue weighted by Crippen LogP contribution is -2.01. The van der Waals surface area contributed by atoms with Gasteiger partial charge >= 0.3 is 0 Å². The third-order valence-corrected chi connectivity index (χ3v) is 4.02. The number of ether oxygens (including phenoxy) is 1. The van der Waals surface area contributed by atoms with Gasteiger partial charge in [-0.2, -0.15) is 0 Å². The molecule has 3 heterocycles. The van der Waals surface area contributed by atoms with Crippen LogP contribution >= 0.6 is 0 Å². The largest absolute Gasteiger partial charge is 0.493 e. The lowest BCUT2D eigenvalue weighted by atomic mass is 10.2. The molecule has 0 amide bonds. The topological polar surface area (TPSA) is 73.9 Å². The zero-order chi connectivity index (χ0) is 18.0. The van der Waals surface area contributed by atoms with E-state index in [9.17, 15) is 0 Å². The van der Waals surface area contributed by atoms with Crippen LogP contribution in [0.2, 0.25) is 0 Å². The van der Waals surface area contributed by atoms with Gasteiger partial charge in [-0.25, -0.2) is 4.98 Å². The van der Waals surface area contributed by atoms with Crippen LogP contribution in [0.25, 0.3) is 22.8 Å². The second-order valence-corrected chi connectivity index (χ2v) is 6.05. The summed E-state index contributed by atoms with van der Waals surface area (Å²) in [6.07, 6.45) is 7.89. The summed E-state index contributed by atoms with van der Waals surface area (Å²) >= 11 is 0. The summed E-state index contributed by atoms with van der Waals surface area (Å²) in [7, 11) is 0. The molecule has 0 aromatic carbocycles. The molecule has 0 aliphatic heterocycles. The molecule has 134 valence electrons. The molecular weight excluding hydrogens is 324 g/mol. The van der Waals surface area contributed by atoms with Crippen LogP contribution < -0.4 is 10.5 Å². The number of hydrogen-bond acceptors (Lipinski definition) is 5. The number of nitrogens with two attached hydrogens (primary N) is 1. The van der Waals surface area contributed by atoms with Crippen LogP contribution in [0.4, 0.5) is 0 Å². The highest BCUT2D eigenvalue weighted by Crippen LogP contribution is 2.26. The highest BCUT2D eigenvalue weighted by atomic mass is 16.5. The van der Waals surface area contributed by atoms with Gasteiger partial charge in [0, 0.05) is 24.5 Å². The Morgan fingerprint density at radius 2 is 1.35 bits per heavy atom. The Morgan fingerprint density at radius 1 is 0.731 bits per heavy atom. The fourth-order valence-electron chi connectivity index (χ4n) is 2.67. The number of aromatic nitrogens is 3. The Bertz CT molecular complexity index is 736. The molecule has 2 N–H and O–H groups in total. The van der Waals surface area contributed by atoms with E-state index >= 15 is 0 Å². The summed E-state index contributed by atoms with van der Waals surface area (Å²) in [5, 5.41) is 0. The van der Waals surface area contributed by atoms with E-state index in [1.807, 2.05) is 48.5 Å². The average Bonchev–Trinajstić information content (AvgIpc) is 2.72. The molecule has 0 aliphatic rings. The van der Waals surface area contributed by atoms with E-state index in [0.29, 0.717) is 6.61 Å². The minimum absolute atomic E-state index is 0.678. The Morgan fingerprint density at radius 3 is 1.88 bits per heavy atom. The summed E-state index contributed by atoms with van der Waals surface area (Å²) in [4.78, 5) is 13.5. The van der Waals surface area contributed by atoms with Gasteiger partial charge in [0.25, 0.3) is 0 Å². The summed E-state index contributed by atoms with van der Waals surface area (Å²) in [6.45, 7) is 1.43. The number of pyridine rings is 3. The van der Waals surface area contributed by atoms with Gasteiger partial charge in [-0.1, -0.05) is 25.0 Å². The maximum atomic E-state index is 5.98. The van der Waals surface area contributed by atoms with Crippen molar-refractivity contribution in [2.75, 3.05) is 13.2 Å². The maximum Gasteiger partial charge on any atom is 0.123 e. The lowest BCUT2D eigenvalue weighted by molar-refractivity contribution is 0.305. The van der Waals surface area contributed by atoms with Crippen LogP contribution in [0, 0.1) is 0 Å². The van der Waals surface area contributed by atoms with Gasteiger partial charge in [-0.3, -0.25) is 9.97 Å². The third kappa shape index (κ3) is 5.10. The zero-order valence-electron chi connectivity index (χ0n) is 14.8. The average molecular weight is 348 g/mol. The van der Waals surface area contributed by atoms with Gasteiger partial charge < -0.3 is 10.5 Å². The minimum atomic E-state index is 0.678. The smallest absolute Gasteiger partial charge is 0.123 e. The summed E-state index contributed by atoms with van der Waals surface area (Å²) in [5.74, 6) is 0.792. The van der Waals surface area contributed by atoms with E-state index in [1.54, 1.807) is 12.4 Å². The molecule has 26 heavy (non-hydrogen) atoms. The first-order valence-corrected chi connectivity index (χ1v) is 9.04. The second kappa shape index (κ2) is 9.63. The third-order valence-electron chi connectivity index (χ3n) is 4.02. The Balaban J connectivity index is 1.79. The SMILES string of the molecule is NCCCCCCOc1cc(-c2ccccn2)nc(-c2ccccn2)c1. The first kappa shape index (κ1) is 18.0. The Labute approximate surface area is 154 Å². The highest BCUT2D eigenvalue weighted by Gasteiger charge is 2.09. The summed E-state index contributed by atoms with van der Waals surface area (Å²) in [6, 6.07) is 15.5. The van der Waals surface area contributed by atoms with Crippen LogP contribution in [0.5, 0.6) is 5.75 Å². The van der Waals surface area contributed by atoms with Crippen LogP contribution in [0.15, 0.2) is 60.9 Å². The van der Waals surface area contributed by atoms with Crippen molar-refractivity contribution in [1.82, 2.24) is 15.0 Å². The minimum Gasteiger partial charge on any atom is -0.493 e. The lowest BCUT2D eigenvalue weighted by Gasteiger charge is -2.10. The van der Waals surface area contributed by atoms with Crippen molar-refractivity contribution in [3.8, 4) is 28.5 Å². The van der Waals surface area contributed by atoms with Crippen LogP contribution in [-0.2, 0) is 0 Å². The predicted molar refractivity (Wildman–Crippen MR) is 104 cm³/mol. The molecule has 3 aromatic heterocycles. The quantitative estimate of drug-likeness (QED) is 0.589. The van der Waals surface area contributed by atoms with Gasteiger partial charge in [0.1, 0.15) is 5.75 Å². The fraction of sp³-hybridized carbons (Fsp3) is 0.286. The number of nitrogens with zero attached hydrogens (tertiary/aromatic N) is 3. The molecule has 0 spiro atoms. The van der Waals surface area contributed by atoms with E-state index in [4.69, 9.17) is 15.5 Å². The molecule has 0 bridgehead atoms. The van der Waals surface area contributed by atoms with E-state index in [1.165, 1.54) is 0 Å². The molecule has 0 atom stereocenters. The monoisotopic (exact) mass is 348 g/mol. The molecule has 0 saturated heterocycles. The molecule has 0 radical (unpaired) electrons. The molecular formula is C21H24N4O. The molecule has 3 aromatic rings. The Hall–Kier alpha value is -2.79. The van der Waals surface area contributed by atoms with Crippen LogP contribution in [0.1, 0.15) is 25.7 Å². The van der Waals surface area contributed by atoms with Crippen molar-refractivity contribution in [3.05, 3.63) is 60.9 Å². The van der Waals surface area contributed by atoms with E-state index in [2.05, 4.69) is 9.97 Å². The van der Waals surface area contributed by atoms with Crippen molar-refractivity contribution in [3.63, 3.8) is 0 Å². The highest BCUT2D eigenvalue weighted by molar-refractivity contribution is 5.64. The molecule has 0 fully saturated rings. The molecule has 0 aliphatic carbocycles. The van der Waals surface area contributed by atoms with Crippen molar-refractivity contribution in [2.45, 2.75) is 25.7 Å². The normalized spacial score (nSPS) is 10.7. The first-order chi connectivity index (χ1) is 12.9. The number of hydrogen-bond donors (Lipinski definition) is 1. The zero-order valence-corrected chi connectivity index (χ0v) is 14.8. The summed E-state index contributed by atoms with van der Waals surface area (Å²) < 4.78 is 5.98. The van der Waals surface area contributed by atoms with E-state index < -0.39 is 0 Å². The molecule has 0 saturated carbocycles. The van der Waals surface area contributed by atoms with Gasteiger partial charge in [0.2, 0.25) is 0 Å². The summed E-state index contributed by atoms with van der Waals surface area (Å²) in [5.41, 5.74) is 8.73. The van der Waals surface area contributed by atoms with Crippen LogP contribution in [-0.4, -0.2) is 28.1 Å². The molecule has 3 rings (SSSR count). The standard InChI is InChI=1S/C21H24N4O/c22-11-5-1-2-8-14-26-17-15-20(18-9-3-6-12-23-18)25-21(16-17)19-10-4-7-13-24-19/h3-4,6-7,9-10,12-13,15-16H,1-2,5,8,11,14,22H2. The Kier molecular flexibility index (Phi) is 6.67. The van der Waals surface area contributed by atoms with Gasteiger partial charge in [-0.15, -0.1) is 0 Å². The molecule has 0 unspecified atom stereocenters. The first-order valence-electron chi connectivity index (χ1n) is 9.04. The fourth-order valence-corrected chi connectivity index (χ4v) is 2.67.